The molecule has 0 saturated carbocycles. The van der Waals surface area contributed by atoms with Crippen LogP contribution < -0.4 is 5.32 Å². The molecule has 0 atom stereocenters. The quantitative estimate of drug-likeness (QED) is 0.700. The maximum absolute atomic E-state index is 12.3. The van der Waals surface area contributed by atoms with Gasteiger partial charge in [0.05, 0.1) is 11.4 Å². The highest BCUT2D eigenvalue weighted by atomic mass is 79.9. The molecule has 0 aliphatic carbocycles. The van der Waals surface area contributed by atoms with Crippen LogP contribution in [0.25, 0.3) is 5.69 Å². The van der Waals surface area contributed by atoms with Gasteiger partial charge in [0.25, 0.3) is 5.91 Å². The minimum Gasteiger partial charge on any atom is -0.351 e. The Bertz CT molecular complexity index is 664. The Kier molecular flexibility index (Phi) is 6.93. The van der Waals surface area contributed by atoms with Crippen molar-refractivity contribution in [2.45, 2.75) is 27.2 Å². The Morgan fingerprint density at radius 2 is 1.92 bits per heavy atom. The Hall–Kier alpha value is -1.73. The molecular weight excluding hydrogens is 370 g/mol. The average molecular weight is 394 g/mol. The fourth-order valence-electron chi connectivity index (χ4n) is 2.49. The molecule has 0 bridgehead atoms. The standard InChI is InChI=1S/C17H24BrN5O/c1-4-22(5-2)12-6-11-19-17(24)16-13(3)23(21-20-16)15-9-7-14(18)8-10-15/h7-10H,4-6,11-12H2,1-3H3,(H,19,24). The molecular formula is C17H24BrN5O. The number of nitrogens with one attached hydrogen (secondary N) is 1. The van der Waals surface area contributed by atoms with Gasteiger partial charge in [-0.25, -0.2) is 4.68 Å². The van der Waals surface area contributed by atoms with Gasteiger partial charge in [0, 0.05) is 11.0 Å². The lowest BCUT2D eigenvalue weighted by Crippen LogP contribution is -2.30. The second kappa shape index (κ2) is 8.94. The lowest BCUT2D eigenvalue weighted by atomic mass is 10.2. The number of halogens is 1. The molecule has 130 valence electrons. The molecule has 0 unspecified atom stereocenters. The summed E-state index contributed by atoms with van der Waals surface area (Å²) < 4.78 is 2.67. The highest BCUT2D eigenvalue weighted by molar-refractivity contribution is 9.10. The number of aromatic nitrogens is 3. The van der Waals surface area contributed by atoms with Crippen molar-refractivity contribution in [1.82, 2.24) is 25.2 Å². The summed E-state index contributed by atoms with van der Waals surface area (Å²) in [5.74, 6) is -0.171. The topological polar surface area (TPSA) is 63.1 Å². The van der Waals surface area contributed by atoms with E-state index in [1.54, 1.807) is 4.68 Å². The van der Waals surface area contributed by atoms with E-state index in [2.05, 4.69) is 50.3 Å². The third-order valence-electron chi connectivity index (χ3n) is 4.01. The number of benzene rings is 1. The van der Waals surface area contributed by atoms with Gasteiger partial charge < -0.3 is 10.2 Å². The van der Waals surface area contributed by atoms with Gasteiger partial charge in [-0.15, -0.1) is 5.10 Å². The van der Waals surface area contributed by atoms with Gasteiger partial charge in [-0.3, -0.25) is 4.79 Å². The molecule has 2 rings (SSSR count). The van der Waals surface area contributed by atoms with Crippen molar-refractivity contribution in [3.05, 3.63) is 40.1 Å². The van der Waals surface area contributed by atoms with E-state index in [4.69, 9.17) is 0 Å². The molecule has 0 saturated heterocycles. The molecule has 0 spiro atoms. The summed E-state index contributed by atoms with van der Waals surface area (Å²) in [6.07, 6.45) is 0.924. The monoisotopic (exact) mass is 393 g/mol. The maximum Gasteiger partial charge on any atom is 0.273 e. The first-order chi connectivity index (χ1) is 11.6. The Balaban J connectivity index is 1.95. The number of carbonyl (C=O) groups excluding carboxylic acids is 1. The van der Waals surface area contributed by atoms with E-state index < -0.39 is 0 Å². The van der Waals surface area contributed by atoms with Crippen LogP contribution in [0.2, 0.25) is 0 Å². The van der Waals surface area contributed by atoms with E-state index in [0.717, 1.165) is 41.9 Å². The lowest BCUT2D eigenvalue weighted by molar-refractivity contribution is 0.0946. The Labute approximate surface area is 151 Å². The van der Waals surface area contributed by atoms with Crippen LogP contribution in [-0.4, -0.2) is 52.0 Å². The summed E-state index contributed by atoms with van der Waals surface area (Å²) in [5, 5.41) is 11.1. The first-order valence-corrected chi connectivity index (χ1v) is 9.04. The highest BCUT2D eigenvalue weighted by Crippen LogP contribution is 2.16. The van der Waals surface area contributed by atoms with Crippen LogP contribution in [-0.2, 0) is 0 Å². The van der Waals surface area contributed by atoms with Crippen molar-refractivity contribution >= 4 is 21.8 Å². The maximum atomic E-state index is 12.3. The fourth-order valence-corrected chi connectivity index (χ4v) is 2.76. The number of hydrogen-bond donors (Lipinski definition) is 1. The van der Waals surface area contributed by atoms with Crippen molar-refractivity contribution in [3.63, 3.8) is 0 Å². The predicted molar refractivity (Wildman–Crippen MR) is 98.5 cm³/mol. The van der Waals surface area contributed by atoms with Crippen molar-refractivity contribution in [1.29, 1.82) is 0 Å². The molecule has 1 heterocycles. The number of rotatable bonds is 8. The first kappa shape index (κ1) is 18.6. The molecule has 7 heteroatoms. The number of nitrogens with zero attached hydrogens (tertiary/aromatic N) is 4. The minimum atomic E-state index is -0.171. The van der Waals surface area contributed by atoms with E-state index >= 15 is 0 Å². The lowest BCUT2D eigenvalue weighted by Gasteiger charge is -2.17. The normalized spacial score (nSPS) is 11.0. The summed E-state index contributed by atoms with van der Waals surface area (Å²) in [5.41, 5.74) is 1.99. The van der Waals surface area contributed by atoms with Crippen LogP contribution in [0.5, 0.6) is 0 Å². The molecule has 1 N–H and O–H groups in total. The number of amides is 1. The summed E-state index contributed by atoms with van der Waals surface area (Å²) >= 11 is 3.41. The average Bonchev–Trinajstić information content (AvgIpc) is 2.97. The first-order valence-electron chi connectivity index (χ1n) is 8.25. The molecule has 0 aliphatic rings. The summed E-state index contributed by atoms with van der Waals surface area (Å²) in [7, 11) is 0. The van der Waals surface area contributed by atoms with Crippen LogP contribution in [0.1, 0.15) is 36.5 Å². The smallest absolute Gasteiger partial charge is 0.273 e. The molecule has 1 amide bonds. The SMILES string of the molecule is CCN(CC)CCCNC(=O)c1nnn(-c2ccc(Br)cc2)c1C. The number of carbonyl (C=O) groups is 1. The van der Waals surface area contributed by atoms with Crippen LogP contribution in [0.3, 0.4) is 0 Å². The van der Waals surface area contributed by atoms with Crippen molar-refractivity contribution in [2.75, 3.05) is 26.2 Å². The van der Waals surface area contributed by atoms with E-state index in [1.807, 2.05) is 31.2 Å². The molecule has 1 aromatic carbocycles. The Morgan fingerprint density at radius 1 is 1.25 bits per heavy atom. The van der Waals surface area contributed by atoms with Crippen LogP contribution >= 0.6 is 15.9 Å². The zero-order valence-electron chi connectivity index (χ0n) is 14.4. The molecule has 0 aliphatic heterocycles. The Morgan fingerprint density at radius 3 is 2.54 bits per heavy atom. The van der Waals surface area contributed by atoms with Gasteiger partial charge in [-0.05, 0) is 57.2 Å². The van der Waals surface area contributed by atoms with Crippen molar-refractivity contribution in [3.8, 4) is 5.69 Å². The van der Waals surface area contributed by atoms with Gasteiger partial charge in [0.1, 0.15) is 0 Å². The highest BCUT2D eigenvalue weighted by Gasteiger charge is 2.16. The van der Waals surface area contributed by atoms with Gasteiger partial charge >= 0.3 is 0 Å². The van der Waals surface area contributed by atoms with Gasteiger partial charge in [0.15, 0.2) is 5.69 Å². The molecule has 24 heavy (non-hydrogen) atoms. The molecule has 0 radical (unpaired) electrons. The minimum absolute atomic E-state index is 0.171. The second-order valence-electron chi connectivity index (χ2n) is 5.55. The van der Waals surface area contributed by atoms with Crippen molar-refractivity contribution in [2.24, 2.45) is 0 Å². The summed E-state index contributed by atoms with van der Waals surface area (Å²) in [4.78, 5) is 14.6. The van der Waals surface area contributed by atoms with Gasteiger partial charge in [-0.2, -0.15) is 0 Å². The van der Waals surface area contributed by atoms with Crippen molar-refractivity contribution < 1.29 is 4.79 Å². The molecule has 1 aromatic heterocycles. The van der Waals surface area contributed by atoms with Crippen LogP contribution in [0, 0.1) is 6.92 Å². The van der Waals surface area contributed by atoms with E-state index in [9.17, 15) is 4.79 Å². The third kappa shape index (κ3) is 4.64. The van der Waals surface area contributed by atoms with Crippen LogP contribution in [0.15, 0.2) is 28.7 Å². The van der Waals surface area contributed by atoms with Gasteiger partial charge in [0.2, 0.25) is 0 Å². The predicted octanol–water partition coefficient (Wildman–Crippen LogP) is 2.80. The third-order valence-corrected chi connectivity index (χ3v) is 4.54. The van der Waals surface area contributed by atoms with E-state index in [-0.39, 0.29) is 5.91 Å². The zero-order chi connectivity index (χ0) is 17.5. The molecule has 2 aromatic rings. The van der Waals surface area contributed by atoms with E-state index in [0.29, 0.717) is 12.2 Å². The molecule has 0 fully saturated rings. The largest absolute Gasteiger partial charge is 0.351 e. The fraction of sp³-hybridized carbons (Fsp3) is 0.471. The van der Waals surface area contributed by atoms with E-state index in [1.165, 1.54) is 0 Å². The van der Waals surface area contributed by atoms with Gasteiger partial charge in [-0.1, -0.05) is 35.0 Å². The number of hydrogen-bond acceptors (Lipinski definition) is 4. The summed E-state index contributed by atoms with van der Waals surface area (Å²) in [6, 6.07) is 7.72. The summed E-state index contributed by atoms with van der Waals surface area (Å²) in [6.45, 7) is 9.83. The second-order valence-corrected chi connectivity index (χ2v) is 6.46. The zero-order valence-corrected chi connectivity index (χ0v) is 16.0. The van der Waals surface area contributed by atoms with Crippen LogP contribution in [0.4, 0.5) is 0 Å². The molecule has 6 nitrogen and oxygen atoms in total.